The minimum atomic E-state index is -0.201. The molecule has 37 heavy (non-hydrogen) atoms. The van der Waals surface area contributed by atoms with Crippen molar-refractivity contribution >= 4 is 17.5 Å². The number of piperidine rings is 1. The van der Waals surface area contributed by atoms with E-state index in [0.29, 0.717) is 23.9 Å². The van der Waals surface area contributed by atoms with E-state index in [4.69, 9.17) is 0 Å². The fraction of sp³-hybridized carbons (Fsp3) is 0.375. The van der Waals surface area contributed by atoms with Gasteiger partial charge < -0.3 is 15.1 Å². The van der Waals surface area contributed by atoms with Gasteiger partial charge in [-0.3, -0.25) is 9.59 Å². The Hall–Kier alpha value is -3.60. The molecule has 0 saturated carbocycles. The monoisotopic (exact) mass is 495 g/mol. The van der Waals surface area contributed by atoms with Gasteiger partial charge in [-0.2, -0.15) is 0 Å². The van der Waals surface area contributed by atoms with Crippen LogP contribution < -0.4 is 5.32 Å². The number of hydrogen-bond donors (Lipinski definition) is 1. The smallest absolute Gasteiger partial charge is 0.256 e. The summed E-state index contributed by atoms with van der Waals surface area (Å²) in [4.78, 5) is 30.2. The van der Waals surface area contributed by atoms with E-state index in [1.54, 1.807) is 0 Å². The highest BCUT2D eigenvalue weighted by Gasteiger charge is 2.36. The molecule has 192 valence electrons. The second-order valence-electron chi connectivity index (χ2n) is 10.8. The number of nitrogens with zero attached hydrogens (tertiary/aromatic N) is 2. The zero-order valence-electron chi connectivity index (χ0n) is 21.9. The Balaban J connectivity index is 1.21. The third kappa shape index (κ3) is 5.71. The molecule has 0 aromatic heterocycles. The predicted molar refractivity (Wildman–Crippen MR) is 149 cm³/mol. The first-order chi connectivity index (χ1) is 18.0. The molecule has 2 aliphatic rings. The van der Waals surface area contributed by atoms with Gasteiger partial charge in [-0.25, -0.2) is 0 Å². The third-order valence-corrected chi connectivity index (χ3v) is 7.71. The molecule has 3 aromatic carbocycles. The Morgan fingerprint density at radius 1 is 0.919 bits per heavy atom. The Morgan fingerprint density at radius 2 is 1.59 bits per heavy atom. The molecule has 5 nitrogen and oxygen atoms in total. The van der Waals surface area contributed by atoms with Gasteiger partial charge in [0.2, 0.25) is 0 Å². The molecule has 0 bridgehead atoms. The van der Waals surface area contributed by atoms with Gasteiger partial charge in [0.05, 0.1) is 0 Å². The molecule has 1 atom stereocenters. The fourth-order valence-corrected chi connectivity index (χ4v) is 5.49. The highest BCUT2D eigenvalue weighted by molar-refractivity contribution is 5.99. The lowest BCUT2D eigenvalue weighted by Gasteiger charge is -2.32. The topological polar surface area (TPSA) is 52.7 Å². The van der Waals surface area contributed by atoms with Gasteiger partial charge in [0.1, 0.15) is 6.17 Å². The molecule has 2 amide bonds. The van der Waals surface area contributed by atoms with Gasteiger partial charge in [0.25, 0.3) is 11.8 Å². The van der Waals surface area contributed by atoms with Crippen molar-refractivity contribution in [3.05, 3.63) is 101 Å². The van der Waals surface area contributed by atoms with E-state index in [0.717, 1.165) is 55.6 Å². The number of likely N-dealkylation sites (tertiary alicyclic amines) is 1. The average molecular weight is 496 g/mol. The highest BCUT2D eigenvalue weighted by atomic mass is 16.2. The number of fused-ring (bicyclic) bond motifs is 1. The van der Waals surface area contributed by atoms with Gasteiger partial charge in [-0.15, -0.1) is 0 Å². The normalized spacial score (nSPS) is 17.8. The number of rotatable bonds is 8. The Kier molecular flexibility index (Phi) is 7.59. The molecule has 5 rings (SSSR count). The molecule has 0 radical (unpaired) electrons. The molecule has 1 saturated heterocycles. The van der Waals surface area contributed by atoms with Crippen molar-refractivity contribution in [2.75, 3.05) is 25.0 Å². The van der Waals surface area contributed by atoms with E-state index in [1.165, 1.54) is 5.56 Å². The van der Waals surface area contributed by atoms with Gasteiger partial charge in [0.15, 0.2) is 0 Å². The highest BCUT2D eigenvalue weighted by Crippen LogP contribution is 2.35. The van der Waals surface area contributed by atoms with Crippen LogP contribution in [0.5, 0.6) is 0 Å². The van der Waals surface area contributed by atoms with Gasteiger partial charge in [0, 0.05) is 42.0 Å². The first-order valence-corrected chi connectivity index (χ1v) is 13.6. The standard InChI is InChI=1S/C32H37N3O2/c1-23(2)16-21-35-30(28-10-6-7-11-29(28)32(35)37)33-27-14-12-26(13-15-27)31(36)34-19-17-25(18-20-34)22-24-8-4-3-5-9-24/h3-15,23,25,30,33H,16-22H2,1-2H3. The van der Waals surface area contributed by atoms with Crippen molar-refractivity contribution < 1.29 is 9.59 Å². The predicted octanol–water partition coefficient (Wildman–Crippen LogP) is 6.39. The number of anilines is 1. The summed E-state index contributed by atoms with van der Waals surface area (Å²) in [5.41, 5.74) is 4.78. The van der Waals surface area contributed by atoms with E-state index in [-0.39, 0.29) is 18.0 Å². The van der Waals surface area contributed by atoms with Crippen molar-refractivity contribution in [3.63, 3.8) is 0 Å². The summed E-state index contributed by atoms with van der Waals surface area (Å²) in [6, 6.07) is 26.2. The summed E-state index contributed by atoms with van der Waals surface area (Å²) in [7, 11) is 0. The number of nitrogens with one attached hydrogen (secondary N) is 1. The molecule has 2 heterocycles. The Bertz CT molecular complexity index is 1210. The van der Waals surface area contributed by atoms with E-state index >= 15 is 0 Å². The lowest BCUT2D eigenvalue weighted by Crippen LogP contribution is -2.38. The molecular formula is C32H37N3O2. The molecule has 1 fully saturated rings. The van der Waals surface area contributed by atoms with Crippen molar-refractivity contribution in [1.29, 1.82) is 0 Å². The summed E-state index contributed by atoms with van der Waals surface area (Å²) in [6.07, 6.45) is 3.92. The molecular weight excluding hydrogens is 458 g/mol. The second kappa shape index (κ2) is 11.2. The van der Waals surface area contributed by atoms with Crippen LogP contribution in [0.2, 0.25) is 0 Å². The number of carbonyl (C=O) groups excluding carboxylic acids is 2. The summed E-state index contributed by atoms with van der Waals surface area (Å²) >= 11 is 0. The van der Waals surface area contributed by atoms with Crippen LogP contribution in [0.25, 0.3) is 0 Å². The minimum Gasteiger partial charge on any atom is -0.361 e. The maximum atomic E-state index is 13.2. The Labute approximate surface area is 220 Å². The van der Waals surface area contributed by atoms with Crippen LogP contribution >= 0.6 is 0 Å². The maximum absolute atomic E-state index is 13.2. The molecule has 1 N–H and O–H groups in total. The van der Waals surface area contributed by atoms with Crippen molar-refractivity contribution in [2.45, 2.75) is 45.7 Å². The van der Waals surface area contributed by atoms with Crippen LogP contribution in [0.1, 0.15) is 71.1 Å². The van der Waals surface area contributed by atoms with Crippen LogP contribution in [-0.2, 0) is 6.42 Å². The van der Waals surface area contributed by atoms with Gasteiger partial charge in [-0.05, 0) is 73.4 Å². The summed E-state index contributed by atoms with van der Waals surface area (Å²) in [6.45, 7) is 6.68. The number of amides is 2. The summed E-state index contributed by atoms with van der Waals surface area (Å²) < 4.78 is 0. The molecule has 2 aliphatic heterocycles. The molecule has 0 aliphatic carbocycles. The summed E-state index contributed by atoms with van der Waals surface area (Å²) in [5, 5.41) is 3.56. The Morgan fingerprint density at radius 3 is 2.30 bits per heavy atom. The second-order valence-corrected chi connectivity index (χ2v) is 10.8. The van der Waals surface area contributed by atoms with E-state index in [1.807, 2.05) is 58.3 Å². The van der Waals surface area contributed by atoms with Crippen molar-refractivity contribution in [1.82, 2.24) is 9.80 Å². The number of hydrogen-bond acceptors (Lipinski definition) is 3. The third-order valence-electron chi connectivity index (χ3n) is 7.71. The van der Waals surface area contributed by atoms with E-state index in [2.05, 4.69) is 49.5 Å². The molecule has 3 aromatic rings. The first-order valence-electron chi connectivity index (χ1n) is 13.6. The lowest BCUT2D eigenvalue weighted by molar-refractivity contribution is 0.0689. The van der Waals surface area contributed by atoms with Crippen LogP contribution in [0.4, 0.5) is 5.69 Å². The van der Waals surface area contributed by atoms with Crippen LogP contribution in [0.3, 0.4) is 0 Å². The first kappa shape index (κ1) is 25.1. The average Bonchev–Trinajstić information content (AvgIpc) is 3.19. The fourth-order valence-electron chi connectivity index (χ4n) is 5.49. The minimum absolute atomic E-state index is 0.0798. The van der Waals surface area contributed by atoms with E-state index < -0.39 is 0 Å². The largest absolute Gasteiger partial charge is 0.361 e. The van der Waals surface area contributed by atoms with Crippen LogP contribution in [0.15, 0.2) is 78.9 Å². The van der Waals surface area contributed by atoms with Gasteiger partial charge >= 0.3 is 0 Å². The maximum Gasteiger partial charge on any atom is 0.256 e. The zero-order chi connectivity index (χ0) is 25.8. The molecule has 0 spiro atoms. The van der Waals surface area contributed by atoms with Crippen molar-refractivity contribution in [3.8, 4) is 0 Å². The molecule has 5 heteroatoms. The van der Waals surface area contributed by atoms with Crippen LogP contribution in [0, 0.1) is 11.8 Å². The van der Waals surface area contributed by atoms with E-state index in [9.17, 15) is 9.59 Å². The quantitative estimate of drug-likeness (QED) is 0.394. The molecule has 1 unspecified atom stereocenters. The van der Waals surface area contributed by atoms with Gasteiger partial charge in [-0.1, -0.05) is 62.4 Å². The SMILES string of the molecule is CC(C)CCN1C(=O)c2ccccc2C1Nc1ccc(C(=O)N2CCC(Cc3ccccc3)CC2)cc1. The van der Waals surface area contributed by atoms with Crippen LogP contribution in [-0.4, -0.2) is 41.2 Å². The number of carbonyl (C=O) groups is 2. The summed E-state index contributed by atoms with van der Waals surface area (Å²) in [5.74, 6) is 1.33. The lowest BCUT2D eigenvalue weighted by atomic mass is 9.90. The van der Waals surface area contributed by atoms with Crippen molar-refractivity contribution in [2.24, 2.45) is 11.8 Å². The number of benzene rings is 3. The zero-order valence-corrected chi connectivity index (χ0v) is 21.9.